The van der Waals surface area contributed by atoms with Crippen molar-refractivity contribution in [3.63, 3.8) is 0 Å². The summed E-state index contributed by atoms with van der Waals surface area (Å²) in [5.41, 5.74) is 2.05. The molecule has 1 aromatic rings. The lowest BCUT2D eigenvalue weighted by Gasteiger charge is -2.26. The van der Waals surface area contributed by atoms with Crippen LogP contribution in [0.2, 0.25) is 0 Å². The van der Waals surface area contributed by atoms with Crippen molar-refractivity contribution < 1.29 is 4.79 Å². The molecule has 3 rings (SSSR count). The van der Waals surface area contributed by atoms with Gasteiger partial charge in [0, 0.05) is 24.3 Å². The zero-order chi connectivity index (χ0) is 13.9. The molecule has 0 radical (unpaired) electrons. The molecule has 1 unspecified atom stereocenters. The lowest BCUT2D eigenvalue weighted by atomic mass is 10.2. The van der Waals surface area contributed by atoms with Gasteiger partial charge >= 0.3 is 6.03 Å². The van der Waals surface area contributed by atoms with Gasteiger partial charge in [-0.15, -0.1) is 0 Å². The van der Waals surface area contributed by atoms with Gasteiger partial charge in [-0.05, 0) is 56.8 Å². The van der Waals surface area contributed by atoms with E-state index in [0.717, 1.165) is 31.6 Å². The molecule has 2 aliphatic rings. The van der Waals surface area contributed by atoms with Gasteiger partial charge < -0.3 is 15.5 Å². The van der Waals surface area contributed by atoms with Crippen LogP contribution in [0.4, 0.5) is 10.5 Å². The zero-order valence-corrected chi connectivity index (χ0v) is 12.1. The SMILES string of the molecule is Cc1cccc(NC(=O)N(CC2CCCN2)C2CC2)c1. The van der Waals surface area contributed by atoms with Crippen molar-refractivity contribution in [3.05, 3.63) is 29.8 Å². The number of hydrogen-bond donors (Lipinski definition) is 2. The van der Waals surface area contributed by atoms with Crippen molar-refractivity contribution >= 4 is 11.7 Å². The van der Waals surface area contributed by atoms with E-state index in [1.807, 2.05) is 36.1 Å². The Morgan fingerprint density at radius 1 is 1.40 bits per heavy atom. The molecule has 1 aliphatic carbocycles. The summed E-state index contributed by atoms with van der Waals surface area (Å²) in [7, 11) is 0. The van der Waals surface area contributed by atoms with Crippen LogP contribution in [0.1, 0.15) is 31.2 Å². The molecule has 0 bridgehead atoms. The molecular formula is C16H23N3O. The van der Waals surface area contributed by atoms with Crippen LogP contribution in [0.25, 0.3) is 0 Å². The molecular weight excluding hydrogens is 250 g/mol. The zero-order valence-electron chi connectivity index (χ0n) is 12.1. The van der Waals surface area contributed by atoms with Crippen LogP contribution in [0.15, 0.2) is 24.3 Å². The number of nitrogens with one attached hydrogen (secondary N) is 2. The molecule has 2 fully saturated rings. The van der Waals surface area contributed by atoms with E-state index in [9.17, 15) is 4.79 Å². The Morgan fingerprint density at radius 3 is 2.90 bits per heavy atom. The quantitative estimate of drug-likeness (QED) is 0.886. The van der Waals surface area contributed by atoms with Crippen LogP contribution < -0.4 is 10.6 Å². The average Bonchev–Trinajstić information content (AvgIpc) is 3.12. The molecule has 1 saturated heterocycles. The van der Waals surface area contributed by atoms with Gasteiger partial charge in [-0.1, -0.05) is 12.1 Å². The van der Waals surface area contributed by atoms with Gasteiger partial charge in [0.1, 0.15) is 0 Å². The summed E-state index contributed by atoms with van der Waals surface area (Å²) in [5.74, 6) is 0. The number of nitrogens with zero attached hydrogens (tertiary/aromatic N) is 1. The van der Waals surface area contributed by atoms with E-state index in [4.69, 9.17) is 0 Å². The van der Waals surface area contributed by atoms with Gasteiger partial charge in [0.05, 0.1) is 0 Å². The molecule has 1 atom stereocenters. The molecule has 1 heterocycles. The highest BCUT2D eigenvalue weighted by Crippen LogP contribution is 2.28. The summed E-state index contributed by atoms with van der Waals surface area (Å²) in [6, 6.07) is 8.94. The van der Waals surface area contributed by atoms with Gasteiger partial charge in [-0.25, -0.2) is 4.79 Å². The van der Waals surface area contributed by atoms with Crippen molar-refractivity contribution in [1.29, 1.82) is 0 Å². The van der Waals surface area contributed by atoms with E-state index in [1.165, 1.54) is 18.4 Å². The van der Waals surface area contributed by atoms with E-state index in [0.29, 0.717) is 12.1 Å². The lowest BCUT2D eigenvalue weighted by molar-refractivity contribution is 0.203. The average molecular weight is 273 g/mol. The van der Waals surface area contributed by atoms with E-state index in [1.54, 1.807) is 0 Å². The van der Waals surface area contributed by atoms with Crippen molar-refractivity contribution in [2.24, 2.45) is 0 Å². The molecule has 4 heteroatoms. The number of anilines is 1. The number of aryl methyl sites for hydroxylation is 1. The second-order valence-corrected chi connectivity index (χ2v) is 5.98. The molecule has 108 valence electrons. The van der Waals surface area contributed by atoms with Gasteiger partial charge in [0.25, 0.3) is 0 Å². The number of carbonyl (C=O) groups excluding carboxylic acids is 1. The summed E-state index contributed by atoms with van der Waals surface area (Å²) in [5, 5.41) is 6.51. The third-order valence-electron chi connectivity index (χ3n) is 4.10. The van der Waals surface area contributed by atoms with E-state index < -0.39 is 0 Å². The Kier molecular flexibility index (Phi) is 3.92. The summed E-state index contributed by atoms with van der Waals surface area (Å²) in [4.78, 5) is 14.5. The number of hydrogen-bond acceptors (Lipinski definition) is 2. The predicted octanol–water partition coefficient (Wildman–Crippen LogP) is 2.74. The third-order valence-corrected chi connectivity index (χ3v) is 4.10. The van der Waals surface area contributed by atoms with Crippen molar-refractivity contribution in [2.45, 2.75) is 44.7 Å². The topological polar surface area (TPSA) is 44.4 Å². The molecule has 20 heavy (non-hydrogen) atoms. The van der Waals surface area contributed by atoms with Gasteiger partial charge in [0.15, 0.2) is 0 Å². The summed E-state index contributed by atoms with van der Waals surface area (Å²) >= 11 is 0. The lowest BCUT2D eigenvalue weighted by Crippen LogP contribution is -2.44. The second kappa shape index (κ2) is 5.83. The number of amides is 2. The molecule has 2 N–H and O–H groups in total. The summed E-state index contributed by atoms with van der Waals surface area (Å²) < 4.78 is 0. The number of carbonyl (C=O) groups is 1. The minimum Gasteiger partial charge on any atom is -0.320 e. The summed E-state index contributed by atoms with van der Waals surface area (Å²) in [6.07, 6.45) is 4.70. The maximum Gasteiger partial charge on any atom is 0.322 e. The van der Waals surface area contributed by atoms with Gasteiger partial charge in [-0.3, -0.25) is 0 Å². The number of urea groups is 1. The Morgan fingerprint density at radius 2 is 2.25 bits per heavy atom. The van der Waals surface area contributed by atoms with Crippen molar-refractivity contribution in [1.82, 2.24) is 10.2 Å². The first-order chi connectivity index (χ1) is 9.72. The first-order valence-electron chi connectivity index (χ1n) is 7.60. The maximum absolute atomic E-state index is 12.5. The van der Waals surface area contributed by atoms with Crippen LogP contribution in [0, 0.1) is 6.92 Å². The minimum absolute atomic E-state index is 0.0480. The van der Waals surface area contributed by atoms with E-state index in [2.05, 4.69) is 10.6 Å². The molecule has 0 spiro atoms. The van der Waals surface area contributed by atoms with Crippen molar-refractivity contribution in [2.75, 3.05) is 18.4 Å². The molecule has 4 nitrogen and oxygen atoms in total. The van der Waals surface area contributed by atoms with Crippen LogP contribution in [-0.2, 0) is 0 Å². The third kappa shape index (κ3) is 3.31. The fourth-order valence-electron chi connectivity index (χ4n) is 2.85. The first kappa shape index (κ1) is 13.4. The number of rotatable bonds is 4. The van der Waals surface area contributed by atoms with Crippen LogP contribution in [0.5, 0.6) is 0 Å². The molecule has 2 amide bonds. The molecule has 0 aromatic heterocycles. The first-order valence-corrected chi connectivity index (χ1v) is 7.60. The largest absolute Gasteiger partial charge is 0.322 e. The molecule has 1 aliphatic heterocycles. The highest BCUT2D eigenvalue weighted by Gasteiger charge is 2.34. The smallest absolute Gasteiger partial charge is 0.320 e. The Balaban J connectivity index is 1.63. The predicted molar refractivity (Wildman–Crippen MR) is 81.0 cm³/mol. The van der Waals surface area contributed by atoms with Crippen LogP contribution in [-0.4, -0.2) is 36.1 Å². The van der Waals surface area contributed by atoms with E-state index >= 15 is 0 Å². The van der Waals surface area contributed by atoms with Crippen LogP contribution >= 0.6 is 0 Å². The van der Waals surface area contributed by atoms with Crippen LogP contribution in [0.3, 0.4) is 0 Å². The Labute approximate surface area is 120 Å². The van der Waals surface area contributed by atoms with E-state index in [-0.39, 0.29) is 6.03 Å². The van der Waals surface area contributed by atoms with Crippen molar-refractivity contribution in [3.8, 4) is 0 Å². The highest BCUT2D eigenvalue weighted by atomic mass is 16.2. The Bertz CT molecular complexity index is 478. The monoisotopic (exact) mass is 273 g/mol. The van der Waals surface area contributed by atoms with Gasteiger partial charge in [0.2, 0.25) is 0 Å². The fraction of sp³-hybridized carbons (Fsp3) is 0.562. The molecule has 1 saturated carbocycles. The second-order valence-electron chi connectivity index (χ2n) is 5.98. The fourth-order valence-corrected chi connectivity index (χ4v) is 2.85. The molecule has 1 aromatic carbocycles. The van der Waals surface area contributed by atoms with Gasteiger partial charge in [-0.2, -0.15) is 0 Å². The minimum atomic E-state index is 0.0480. The normalized spacial score (nSPS) is 21.8. The highest BCUT2D eigenvalue weighted by molar-refractivity contribution is 5.89. The number of benzene rings is 1. The summed E-state index contributed by atoms with van der Waals surface area (Å²) in [6.45, 7) is 3.96. The maximum atomic E-state index is 12.5. The standard InChI is InChI=1S/C16H23N3O/c1-12-4-2-5-13(10-12)18-16(20)19(15-7-8-15)11-14-6-3-9-17-14/h2,4-5,10,14-15,17H,3,6-9,11H2,1H3,(H,18,20). The Hall–Kier alpha value is -1.55.